The molecule has 0 aliphatic heterocycles. The van der Waals surface area contributed by atoms with Crippen LogP contribution in [0.5, 0.6) is 0 Å². The molecule has 1 fully saturated rings. The monoisotopic (exact) mass is 227 g/mol. The Balaban J connectivity index is 2.87. The summed E-state index contributed by atoms with van der Waals surface area (Å²) in [4.78, 5) is 11.6. The zero-order valence-electron chi connectivity index (χ0n) is 10.8. The number of rotatable bonds is 4. The first-order valence-electron chi connectivity index (χ1n) is 6.39. The number of hydrogen-bond acceptors (Lipinski definition) is 3. The Hall–Kier alpha value is -0.570. The average Bonchev–Trinajstić information content (AvgIpc) is 2.29. The number of nitrogens with two attached hydrogens (primary N) is 1. The zero-order valence-corrected chi connectivity index (χ0v) is 10.8. The molecule has 3 unspecified atom stereocenters. The van der Waals surface area contributed by atoms with Gasteiger partial charge in [-0.2, -0.15) is 0 Å². The lowest BCUT2D eigenvalue weighted by atomic mass is 9.60. The summed E-state index contributed by atoms with van der Waals surface area (Å²) in [5, 5.41) is 0. The Morgan fingerprint density at radius 3 is 2.75 bits per heavy atom. The van der Waals surface area contributed by atoms with Crippen LogP contribution in [-0.2, 0) is 9.53 Å². The predicted octanol–water partition coefficient (Wildman–Crippen LogP) is 2.48. The largest absolute Gasteiger partial charge is 0.469 e. The Bertz CT molecular complexity index is 240. The van der Waals surface area contributed by atoms with Crippen LogP contribution in [0.1, 0.15) is 52.4 Å². The van der Waals surface area contributed by atoms with E-state index in [1.54, 1.807) is 0 Å². The molecule has 1 aliphatic carbocycles. The summed E-state index contributed by atoms with van der Waals surface area (Å²) in [5.41, 5.74) is 6.14. The van der Waals surface area contributed by atoms with Gasteiger partial charge in [-0.15, -0.1) is 0 Å². The second kappa shape index (κ2) is 5.67. The molecule has 0 aromatic rings. The molecule has 1 saturated carbocycles. The van der Waals surface area contributed by atoms with E-state index in [0.29, 0.717) is 12.3 Å². The normalized spacial score (nSPS) is 32.1. The number of carbonyl (C=O) groups excluding carboxylic acids is 1. The summed E-state index contributed by atoms with van der Waals surface area (Å²) < 4.78 is 4.83. The Morgan fingerprint density at radius 2 is 2.25 bits per heavy atom. The predicted molar refractivity (Wildman–Crippen MR) is 65.0 cm³/mol. The second-order valence-electron chi connectivity index (χ2n) is 5.13. The molecular formula is C13H25NO2. The van der Waals surface area contributed by atoms with E-state index in [9.17, 15) is 4.79 Å². The Kier molecular flexibility index (Phi) is 4.78. The summed E-state index contributed by atoms with van der Waals surface area (Å²) in [6.07, 6.45) is 6.33. The van der Waals surface area contributed by atoms with Gasteiger partial charge in [-0.05, 0) is 31.1 Å². The molecule has 1 rings (SSSR count). The number of esters is 1. The van der Waals surface area contributed by atoms with Crippen molar-refractivity contribution >= 4 is 5.97 Å². The first-order chi connectivity index (χ1) is 7.56. The van der Waals surface area contributed by atoms with Crippen molar-refractivity contribution in [2.75, 3.05) is 7.11 Å². The van der Waals surface area contributed by atoms with E-state index in [2.05, 4.69) is 6.92 Å². The van der Waals surface area contributed by atoms with Crippen molar-refractivity contribution < 1.29 is 9.53 Å². The highest BCUT2D eigenvalue weighted by Gasteiger charge is 2.44. The maximum atomic E-state index is 11.6. The van der Waals surface area contributed by atoms with Crippen molar-refractivity contribution in [1.29, 1.82) is 0 Å². The van der Waals surface area contributed by atoms with Crippen LogP contribution in [0.3, 0.4) is 0 Å². The van der Waals surface area contributed by atoms with Gasteiger partial charge in [0.25, 0.3) is 0 Å². The molecule has 0 aromatic carbocycles. The van der Waals surface area contributed by atoms with Crippen LogP contribution in [-0.4, -0.2) is 19.1 Å². The summed E-state index contributed by atoms with van der Waals surface area (Å²) >= 11 is 0. The molecule has 94 valence electrons. The van der Waals surface area contributed by atoms with Crippen molar-refractivity contribution in [3.8, 4) is 0 Å². The fourth-order valence-corrected chi connectivity index (χ4v) is 3.28. The molecule has 2 N–H and O–H groups in total. The van der Waals surface area contributed by atoms with Gasteiger partial charge in [0.2, 0.25) is 0 Å². The van der Waals surface area contributed by atoms with E-state index >= 15 is 0 Å². The van der Waals surface area contributed by atoms with E-state index in [4.69, 9.17) is 10.5 Å². The summed E-state index contributed by atoms with van der Waals surface area (Å²) in [6, 6.07) is 0.0665. The van der Waals surface area contributed by atoms with Crippen molar-refractivity contribution in [1.82, 2.24) is 0 Å². The molecule has 3 heteroatoms. The van der Waals surface area contributed by atoms with Gasteiger partial charge in [0.1, 0.15) is 0 Å². The number of ether oxygens (including phenoxy) is 1. The van der Waals surface area contributed by atoms with Crippen molar-refractivity contribution in [2.24, 2.45) is 17.1 Å². The first-order valence-corrected chi connectivity index (χ1v) is 6.39. The minimum atomic E-state index is -0.113. The van der Waals surface area contributed by atoms with Crippen LogP contribution in [0.15, 0.2) is 0 Å². The summed E-state index contributed by atoms with van der Waals surface area (Å²) in [7, 11) is 1.46. The van der Waals surface area contributed by atoms with E-state index < -0.39 is 0 Å². The van der Waals surface area contributed by atoms with E-state index in [-0.39, 0.29) is 17.4 Å². The van der Waals surface area contributed by atoms with Crippen LogP contribution in [0, 0.1) is 11.3 Å². The highest BCUT2D eigenvalue weighted by Crippen LogP contribution is 2.47. The standard InChI is InChI=1S/C13H25NO2/c1-4-11-7-5-6-8-13(11,10(2)14)9-12(15)16-3/h10-11H,4-9,14H2,1-3H3. The van der Waals surface area contributed by atoms with Crippen LogP contribution >= 0.6 is 0 Å². The van der Waals surface area contributed by atoms with Gasteiger partial charge in [-0.1, -0.05) is 26.2 Å². The minimum absolute atomic E-state index is 0.0277. The topological polar surface area (TPSA) is 52.3 Å². The van der Waals surface area contributed by atoms with E-state index in [1.165, 1.54) is 26.4 Å². The lowest BCUT2D eigenvalue weighted by Crippen LogP contribution is -2.48. The van der Waals surface area contributed by atoms with Crippen LogP contribution in [0.4, 0.5) is 0 Å². The smallest absolute Gasteiger partial charge is 0.306 e. The van der Waals surface area contributed by atoms with Crippen LogP contribution in [0.25, 0.3) is 0 Å². The number of carbonyl (C=O) groups is 1. The van der Waals surface area contributed by atoms with Crippen LogP contribution in [0.2, 0.25) is 0 Å². The van der Waals surface area contributed by atoms with Gasteiger partial charge in [-0.25, -0.2) is 0 Å². The first kappa shape index (κ1) is 13.5. The van der Waals surface area contributed by atoms with Crippen LogP contribution < -0.4 is 5.73 Å². The molecule has 3 nitrogen and oxygen atoms in total. The number of hydrogen-bond donors (Lipinski definition) is 1. The lowest BCUT2D eigenvalue weighted by Gasteiger charge is -2.46. The lowest BCUT2D eigenvalue weighted by molar-refractivity contribution is -0.146. The number of methoxy groups -OCH3 is 1. The maximum absolute atomic E-state index is 11.6. The third-order valence-electron chi connectivity index (χ3n) is 4.36. The van der Waals surface area contributed by atoms with Gasteiger partial charge in [0.15, 0.2) is 0 Å². The molecule has 16 heavy (non-hydrogen) atoms. The second-order valence-corrected chi connectivity index (χ2v) is 5.13. The zero-order chi connectivity index (χ0) is 12.2. The third kappa shape index (κ3) is 2.57. The molecule has 0 heterocycles. The van der Waals surface area contributed by atoms with Crippen molar-refractivity contribution in [3.63, 3.8) is 0 Å². The SMILES string of the molecule is CCC1CCCCC1(CC(=O)OC)C(C)N. The quantitative estimate of drug-likeness (QED) is 0.751. The molecule has 1 aliphatic rings. The van der Waals surface area contributed by atoms with Crippen molar-refractivity contribution in [3.05, 3.63) is 0 Å². The summed E-state index contributed by atoms with van der Waals surface area (Å²) in [5.74, 6) is 0.456. The Labute approximate surface area is 98.7 Å². The van der Waals surface area contributed by atoms with Gasteiger partial charge in [-0.3, -0.25) is 4.79 Å². The molecular weight excluding hydrogens is 202 g/mol. The molecule has 0 saturated heterocycles. The molecule has 0 amide bonds. The van der Waals surface area contributed by atoms with Crippen molar-refractivity contribution in [2.45, 2.75) is 58.4 Å². The fourth-order valence-electron chi connectivity index (χ4n) is 3.28. The van der Waals surface area contributed by atoms with Gasteiger partial charge in [0, 0.05) is 6.04 Å². The van der Waals surface area contributed by atoms with Gasteiger partial charge in [0.05, 0.1) is 13.5 Å². The molecule has 0 radical (unpaired) electrons. The minimum Gasteiger partial charge on any atom is -0.469 e. The fraction of sp³-hybridized carbons (Fsp3) is 0.923. The molecule has 0 bridgehead atoms. The molecule has 0 spiro atoms. The highest BCUT2D eigenvalue weighted by atomic mass is 16.5. The van der Waals surface area contributed by atoms with E-state index in [1.807, 2.05) is 6.92 Å². The Morgan fingerprint density at radius 1 is 1.56 bits per heavy atom. The highest BCUT2D eigenvalue weighted by molar-refractivity contribution is 5.70. The summed E-state index contributed by atoms with van der Waals surface area (Å²) in [6.45, 7) is 4.24. The van der Waals surface area contributed by atoms with Gasteiger partial charge < -0.3 is 10.5 Å². The molecule has 3 atom stereocenters. The molecule has 0 aromatic heterocycles. The maximum Gasteiger partial charge on any atom is 0.306 e. The third-order valence-corrected chi connectivity index (χ3v) is 4.36. The van der Waals surface area contributed by atoms with E-state index in [0.717, 1.165) is 12.8 Å². The van der Waals surface area contributed by atoms with Gasteiger partial charge >= 0.3 is 5.97 Å². The average molecular weight is 227 g/mol.